The lowest BCUT2D eigenvalue weighted by molar-refractivity contribution is -0.138. The van der Waals surface area contributed by atoms with Crippen molar-refractivity contribution >= 4 is 5.91 Å². The van der Waals surface area contributed by atoms with E-state index in [0.29, 0.717) is 18.7 Å². The Hall–Kier alpha value is -2.34. The molecule has 1 aromatic carbocycles. The third kappa shape index (κ3) is 3.26. The summed E-state index contributed by atoms with van der Waals surface area (Å²) in [6, 6.07) is 9.58. The number of rotatable bonds is 4. The lowest BCUT2D eigenvalue weighted by Crippen LogP contribution is -2.46. The molecule has 6 nitrogen and oxygen atoms in total. The number of hydrogen-bond donors (Lipinski definition) is 0. The van der Waals surface area contributed by atoms with Crippen molar-refractivity contribution in [1.82, 2.24) is 10.1 Å². The van der Waals surface area contributed by atoms with E-state index < -0.39 is 0 Å². The predicted molar refractivity (Wildman–Crippen MR) is 91.0 cm³/mol. The molecule has 1 amide bonds. The summed E-state index contributed by atoms with van der Waals surface area (Å²) in [4.78, 5) is 14.2. The molecule has 6 heteroatoms. The molecule has 1 aromatic heterocycles. The number of benzene rings is 1. The predicted octanol–water partition coefficient (Wildman–Crippen LogP) is 2.88. The second-order valence-electron chi connectivity index (χ2n) is 6.96. The van der Waals surface area contributed by atoms with Gasteiger partial charge < -0.3 is 18.9 Å². The van der Waals surface area contributed by atoms with Gasteiger partial charge in [0.2, 0.25) is 5.91 Å². The summed E-state index contributed by atoms with van der Waals surface area (Å²) >= 11 is 0. The lowest BCUT2D eigenvalue weighted by atomic mass is 9.79. The van der Waals surface area contributed by atoms with Crippen molar-refractivity contribution in [3.8, 4) is 17.0 Å². The Bertz CT molecular complexity index is 764. The number of methoxy groups -OCH3 is 1. The van der Waals surface area contributed by atoms with Crippen LogP contribution in [-0.4, -0.2) is 42.8 Å². The zero-order chi connectivity index (χ0) is 17.3. The maximum Gasteiger partial charge on any atom is 0.223 e. The summed E-state index contributed by atoms with van der Waals surface area (Å²) in [5.41, 5.74) is 1.81. The van der Waals surface area contributed by atoms with Crippen molar-refractivity contribution in [1.29, 1.82) is 0 Å². The first-order valence-electron chi connectivity index (χ1n) is 8.63. The van der Waals surface area contributed by atoms with Gasteiger partial charge in [0.15, 0.2) is 5.76 Å². The van der Waals surface area contributed by atoms with Gasteiger partial charge in [-0.15, -0.1) is 0 Å². The van der Waals surface area contributed by atoms with E-state index >= 15 is 0 Å². The monoisotopic (exact) mass is 342 g/mol. The molecule has 2 saturated heterocycles. The molecule has 2 fully saturated rings. The smallest absolute Gasteiger partial charge is 0.223 e. The van der Waals surface area contributed by atoms with Crippen molar-refractivity contribution in [2.75, 3.05) is 26.9 Å². The lowest BCUT2D eigenvalue weighted by Gasteiger charge is -2.38. The summed E-state index contributed by atoms with van der Waals surface area (Å²) in [5, 5.41) is 4.15. The van der Waals surface area contributed by atoms with E-state index in [4.69, 9.17) is 14.0 Å². The van der Waals surface area contributed by atoms with Crippen LogP contribution in [0.25, 0.3) is 11.3 Å². The Morgan fingerprint density at radius 1 is 1.32 bits per heavy atom. The molecule has 0 radical (unpaired) electrons. The number of ether oxygens (including phenoxy) is 2. The number of amides is 1. The van der Waals surface area contributed by atoms with Gasteiger partial charge in [-0.25, -0.2) is 0 Å². The highest BCUT2D eigenvalue weighted by Gasteiger charge is 2.41. The van der Waals surface area contributed by atoms with E-state index in [1.165, 1.54) is 0 Å². The molecule has 0 bridgehead atoms. The molecule has 2 aliphatic heterocycles. The van der Waals surface area contributed by atoms with Crippen molar-refractivity contribution < 1.29 is 18.8 Å². The van der Waals surface area contributed by atoms with Crippen LogP contribution in [0.5, 0.6) is 5.75 Å². The number of carbonyl (C=O) groups is 1. The van der Waals surface area contributed by atoms with Gasteiger partial charge in [0, 0.05) is 36.6 Å². The number of aromatic nitrogens is 1. The van der Waals surface area contributed by atoms with Crippen LogP contribution in [-0.2, 0) is 16.1 Å². The molecule has 2 aliphatic rings. The summed E-state index contributed by atoms with van der Waals surface area (Å²) < 4.78 is 16.3. The molecule has 4 rings (SSSR count). The van der Waals surface area contributed by atoms with Crippen LogP contribution in [0, 0.1) is 5.41 Å². The van der Waals surface area contributed by atoms with Crippen LogP contribution in [0.1, 0.15) is 25.0 Å². The zero-order valence-corrected chi connectivity index (χ0v) is 14.4. The third-order valence-corrected chi connectivity index (χ3v) is 5.20. The summed E-state index contributed by atoms with van der Waals surface area (Å²) in [6.45, 7) is 2.74. The van der Waals surface area contributed by atoms with Gasteiger partial charge in [-0.1, -0.05) is 17.3 Å². The van der Waals surface area contributed by atoms with Crippen LogP contribution in [0.2, 0.25) is 0 Å². The maximum atomic E-state index is 12.3. The van der Waals surface area contributed by atoms with Gasteiger partial charge in [-0.05, 0) is 25.0 Å². The van der Waals surface area contributed by atoms with Crippen molar-refractivity contribution in [3.05, 3.63) is 36.1 Å². The second-order valence-corrected chi connectivity index (χ2v) is 6.96. The van der Waals surface area contributed by atoms with Crippen LogP contribution in [0.3, 0.4) is 0 Å². The number of carbonyl (C=O) groups excluding carboxylic acids is 1. The van der Waals surface area contributed by atoms with Gasteiger partial charge in [-0.2, -0.15) is 0 Å². The molecule has 0 N–H and O–H groups in total. The van der Waals surface area contributed by atoms with Crippen molar-refractivity contribution in [2.45, 2.75) is 25.8 Å². The van der Waals surface area contributed by atoms with E-state index in [-0.39, 0.29) is 11.3 Å². The highest BCUT2D eigenvalue weighted by atomic mass is 16.5. The molecule has 1 atom stereocenters. The van der Waals surface area contributed by atoms with E-state index in [0.717, 1.165) is 49.6 Å². The average molecular weight is 342 g/mol. The highest BCUT2D eigenvalue weighted by Crippen LogP contribution is 2.38. The van der Waals surface area contributed by atoms with Crippen LogP contribution in [0.4, 0.5) is 0 Å². The Labute approximate surface area is 146 Å². The quantitative estimate of drug-likeness (QED) is 0.855. The van der Waals surface area contributed by atoms with Gasteiger partial charge in [0.05, 0.1) is 20.3 Å². The molecule has 1 spiro atoms. The van der Waals surface area contributed by atoms with Crippen LogP contribution in [0.15, 0.2) is 34.9 Å². The summed E-state index contributed by atoms with van der Waals surface area (Å²) in [5.74, 6) is 1.65. The molecular weight excluding hydrogens is 320 g/mol. The van der Waals surface area contributed by atoms with Gasteiger partial charge in [0.1, 0.15) is 11.4 Å². The number of nitrogens with zero attached hydrogens (tertiary/aromatic N) is 2. The number of piperidine rings is 1. The van der Waals surface area contributed by atoms with Crippen molar-refractivity contribution in [2.24, 2.45) is 5.41 Å². The Morgan fingerprint density at radius 2 is 2.24 bits per heavy atom. The number of hydrogen-bond acceptors (Lipinski definition) is 5. The van der Waals surface area contributed by atoms with E-state index in [1.54, 1.807) is 7.11 Å². The standard InChI is InChI=1S/C19H22N2O4/c1-23-15-4-2-3-14(9-15)17-10-16(25-20-17)11-21-12-19(6-5-18(21)22)7-8-24-13-19/h2-4,9-10H,5-8,11-13H2,1H3/t19-/m0/s1. The van der Waals surface area contributed by atoms with Crippen molar-refractivity contribution in [3.63, 3.8) is 0 Å². The first kappa shape index (κ1) is 16.1. The van der Waals surface area contributed by atoms with Gasteiger partial charge in [-0.3, -0.25) is 4.79 Å². The third-order valence-electron chi connectivity index (χ3n) is 5.20. The second kappa shape index (κ2) is 6.52. The fraction of sp³-hybridized carbons (Fsp3) is 0.474. The van der Waals surface area contributed by atoms with Crippen LogP contribution < -0.4 is 4.74 Å². The molecule has 2 aromatic rings. The Kier molecular flexibility index (Phi) is 4.21. The molecule has 0 saturated carbocycles. The van der Waals surface area contributed by atoms with E-state index in [2.05, 4.69) is 5.16 Å². The molecule has 0 aliphatic carbocycles. The molecule has 132 valence electrons. The van der Waals surface area contributed by atoms with E-state index in [1.807, 2.05) is 35.2 Å². The summed E-state index contributed by atoms with van der Waals surface area (Å²) in [7, 11) is 1.64. The normalized spacial score (nSPS) is 23.4. The van der Waals surface area contributed by atoms with Gasteiger partial charge in [0.25, 0.3) is 0 Å². The first-order valence-corrected chi connectivity index (χ1v) is 8.63. The molecule has 3 heterocycles. The molecule has 0 unspecified atom stereocenters. The fourth-order valence-corrected chi connectivity index (χ4v) is 3.71. The Balaban J connectivity index is 1.49. The highest BCUT2D eigenvalue weighted by molar-refractivity contribution is 5.77. The SMILES string of the molecule is COc1cccc(-c2cc(CN3C[C@@]4(CCOC4)CCC3=O)on2)c1. The average Bonchev–Trinajstić information content (AvgIpc) is 3.29. The largest absolute Gasteiger partial charge is 0.497 e. The summed E-state index contributed by atoms with van der Waals surface area (Å²) in [6.07, 6.45) is 2.54. The minimum absolute atomic E-state index is 0.129. The fourth-order valence-electron chi connectivity index (χ4n) is 3.71. The minimum atomic E-state index is 0.129. The van der Waals surface area contributed by atoms with E-state index in [9.17, 15) is 4.79 Å². The number of likely N-dealkylation sites (tertiary alicyclic amines) is 1. The first-order chi connectivity index (χ1) is 12.2. The van der Waals surface area contributed by atoms with Crippen LogP contribution >= 0.6 is 0 Å². The maximum absolute atomic E-state index is 12.3. The molecular formula is C19H22N2O4. The van der Waals surface area contributed by atoms with Gasteiger partial charge >= 0.3 is 0 Å². The minimum Gasteiger partial charge on any atom is -0.497 e. The Morgan fingerprint density at radius 3 is 3.04 bits per heavy atom. The molecule has 25 heavy (non-hydrogen) atoms. The zero-order valence-electron chi connectivity index (χ0n) is 14.4. The topological polar surface area (TPSA) is 64.8 Å².